The lowest BCUT2D eigenvalue weighted by atomic mass is 10.0. The molecule has 3 N–H and O–H groups in total. The number of carboxylic acids is 1. The summed E-state index contributed by atoms with van der Waals surface area (Å²) in [4.78, 5) is 10.4. The van der Waals surface area contributed by atoms with Gasteiger partial charge in [0, 0.05) is 6.54 Å². The third-order valence-electron chi connectivity index (χ3n) is 2.10. The van der Waals surface area contributed by atoms with Crippen molar-refractivity contribution in [3.05, 3.63) is 0 Å². The van der Waals surface area contributed by atoms with Crippen LogP contribution in [0.3, 0.4) is 0 Å². The van der Waals surface area contributed by atoms with Gasteiger partial charge in [-0.2, -0.15) is 0 Å². The van der Waals surface area contributed by atoms with E-state index in [9.17, 15) is 4.79 Å². The standard InChI is InChI=1S/C8H15NO3/c9-5-7-3-1-2-6(12-7)4-8(10)11/h6-7H,1-5,9H2,(H,10,11). The van der Waals surface area contributed by atoms with Crippen LogP contribution in [-0.4, -0.2) is 29.8 Å². The van der Waals surface area contributed by atoms with Crippen molar-refractivity contribution in [1.29, 1.82) is 0 Å². The normalized spacial score (nSPS) is 30.1. The van der Waals surface area contributed by atoms with Crippen molar-refractivity contribution in [3.8, 4) is 0 Å². The van der Waals surface area contributed by atoms with E-state index in [-0.39, 0.29) is 18.6 Å². The molecule has 0 aliphatic carbocycles. The summed E-state index contributed by atoms with van der Waals surface area (Å²) in [6.45, 7) is 0.496. The maximum atomic E-state index is 10.4. The fraction of sp³-hybridized carbons (Fsp3) is 0.875. The minimum atomic E-state index is -0.794. The fourth-order valence-electron chi connectivity index (χ4n) is 1.50. The molecule has 1 fully saturated rings. The van der Waals surface area contributed by atoms with Crippen LogP contribution in [0.2, 0.25) is 0 Å². The number of nitrogens with two attached hydrogens (primary N) is 1. The average molecular weight is 173 g/mol. The summed E-state index contributed by atoms with van der Waals surface area (Å²) in [5.41, 5.74) is 5.42. The number of carboxylic acid groups (broad SMARTS) is 1. The van der Waals surface area contributed by atoms with Gasteiger partial charge in [0.2, 0.25) is 0 Å². The number of rotatable bonds is 3. The van der Waals surface area contributed by atoms with E-state index in [0.717, 1.165) is 19.3 Å². The Kier molecular flexibility index (Phi) is 3.49. The van der Waals surface area contributed by atoms with E-state index < -0.39 is 5.97 Å². The van der Waals surface area contributed by atoms with Crippen LogP contribution in [0.1, 0.15) is 25.7 Å². The topological polar surface area (TPSA) is 72.6 Å². The van der Waals surface area contributed by atoms with Gasteiger partial charge in [-0.25, -0.2) is 0 Å². The highest BCUT2D eigenvalue weighted by Crippen LogP contribution is 2.20. The van der Waals surface area contributed by atoms with E-state index in [1.54, 1.807) is 0 Å². The molecule has 4 nitrogen and oxygen atoms in total. The highest BCUT2D eigenvalue weighted by molar-refractivity contribution is 5.67. The summed E-state index contributed by atoms with van der Waals surface area (Å²) in [6, 6.07) is 0. The van der Waals surface area contributed by atoms with E-state index >= 15 is 0 Å². The number of hydrogen-bond acceptors (Lipinski definition) is 3. The smallest absolute Gasteiger partial charge is 0.305 e. The molecule has 1 aliphatic rings. The van der Waals surface area contributed by atoms with Crippen molar-refractivity contribution in [2.75, 3.05) is 6.54 Å². The molecule has 0 aromatic carbocycles. The largest absolute Gasteiger partial charge is 0.481 e. The van der Waals surface area contributed by atoms with Crippen molar-refractivity contribution in [2.24, 2.45) is 5.73 Å². The molecule has 0 aromatic heterocycles. The molecule has 4 heteroatoms. The quantitative estimate of drug-likeness (QED) is 0.646. The Balaban J connectivity index is 2.30. The number of ether oxygens (including phenoxy) is 1. The molecule has 0 radical (unpaired) electrons. The number of hydrogen-bond donors (Lipinski definition) is 2. The summed E-state index contributed by atoms with van der Waals surface area (Å²) in [5.74, 6) is -0.794. The third-order valence-corrected chi connectivity index (χ3v) is 2.10. The molecule has 2 atom stereocenters. The number of carbonyl (C=O) groups is 1. The summed E-state index contributed by atoms with van der Waals surface area (Å²) in [6.07, 6.45) is 2.90. The van der Waals surface area contributed by atoms with Gasteiger partial charge in [0.25, 0.3) is 0 Å². The summed E-state index contributed by atoms with van der Waals surface area (Å²) in [7, 11) is 0. The Bertz CT molecular complexity index is 160. The molecule has 0 saturated carbocycles. The molecular formula is C8H15NO3. The monoisotopic (exact) mass is 173 g/mol. The van der Waals surface area contributed by atoms with Crippen LogP contribution >= 0.6 is 0 Å². The fourth-order valence-corrected chi connectivity index (χ4v) is 1.50. The van der Waals surface area contributed by atoms with Crippen LogP contribution in [-0.2, 0) is 9.53 Å². The Morgan fingerprint density at radius 3 is 2.75 bits per heavy atom. The minimum absolute atomic E-state index is 0.0723. The summed E-state index contributed by atoms with van der Waals surface area (Å²) < 4.78 is 5.44. The van der Waals surface area contributed by atoms with Crippen molar-refractivity contribution >= 4 is 5.97 Å². The van der Waals surface area contributed by atoms with Gasteiger partial charge in [-0.3, -0.25) is 4.79 Å². The molecule has 70 valence electrons. The lowest BCUT2D eigenvalue weighted by Crippen LogP contribution is -2.34. The highest BCUT2D eigenvalue weighted by Gasteiger charge is 2.22. The van der Waals surface area contributed by atoms with E-state index in [4.69, 9.17) is 15.6 Å². The molecule has 0 bridgehead atoms. The Labute approximate surface area is 71.7 Å². The van der Waals surface area contributed by atoms with Gasteiger partial charge in [-0.15, -0.1) is 0 Å². The average Bonchev–Trinajstić information content (AvgIpc) is 2.03. The lowest BCUT2D eigenvalue weighted by Gasteiger charge is -2.28. The highest BCUT2D eigenvalue weighted by atomic mass is 16.5. The van der Waals surface area contributed by atoms with Crippen LogP contribution in [0.25, 0.3) is 0 Å². The van der Waals surface area contributed by atoms with Crippen molar-refractivity contribution in [2.45, 2.75) is 37.9 Å². The van der Waals surface area contributed by atoms with Gasteiger partial charge < -0.3 is 15.6 Å². The van der Waals surface area contributed by atoms with Crippen LogP contribution in [0.5, 0.6) is 0 Å². The maximum Gasteiger partial charge on any atom is 0.305 e. The van der Waals surface area contributed by atoms with E-state index in [0.29, 0.717) is 6.54 Å². The first-order valence-corrected chi connectivity index (χ1v) is 4.29. The second kappa shape index (κ2) is 4.42. The van der Waals surface area contributed by atoms with Gasteiger partial charge in [0.1, 0.15) is 0 Å². The van der Waals surface area contributed by atoms with Crippen LogP contribution in [0, 0.1) is 0 Å². The maximum absolute atomic E-state index is 10.4. The minimum Gasteiger partial charge on any atom is -0.481 e. The SMILES string of the molecule is NCC1CCCC(CC(=O)O)O1. The number of aliphatic carboxylic acids is 1. The summed E-state index contributed by atoms with van der Waals surface area (Å²) in [5, 5.41) is 8.51. The Morgan fingerprint density at radius 1 is 1.50 bits per heavy atom. The first kappa shape index (κ1) is 9.48. The van der Waals surface area contributed by atoms with Crippen molar-refractivity contribution < 1.29 is 14.6 Å². The predicted octanol–water partition coefficient (Wildman–Crippen LogP) is 0.357. The third kappa shape index (κ3) is 2.79. The molecule has 0 aromatic rings. The summed E-state index contributed by atoms with van der Waals surface area (Å²) >= 11 is 0. The molecular weight excluding hydrogens is 158 g/mol. The molecule has 1 rings (SSSR count). The predicted molar refractivity (Wildman–Crippen MR) is 43.8 cm³/mol. The molecule has 0 amide bonds. The van der Waals surface area contributed by atoms with Crippen LogP contribution in [0.4, 0.5) is 0 Å². The van der Waals surface area contributed by atoms with Crippen LogP contribution < -0.4 is 5.73 Å². The first-order valence-electron chi connectivity index (χ1n) is 4.29. The Morgan fingerprint density at radius 2 is 2.17 bits per heavy atom. The second-order valence-electron chi connectivity index (χ2n) is 3.14. The van der Waals surface area contributed by atoms with Crippen molar-refractivity contribution in [1.82, 2.24) is 0 Å². The first-order chi connectivity index (χ1) is 5.72. The molecule has 2 unspecified atom stereocenters. The van der Waals surface area contributed by atoms with E-state index in [2.05, 4.69) is 0 Å². The van der Waals surface area contributed by atoms with Gasteiger partial charge in [-0.05, 0) is 19.3 Å². The molecule has 1 heterocycles. The second-order valence-corrected chi connectivity index (χ2v) is 3.14. The van der Waals surface area contributed by atoms with E-state index in [1.807, 2.05) is 0 Å². The van der Waals surface area contributed by atoms with Gasteiger partial charge in [-0.1, -0.05) is 0 Å². The molecule has 12 heavy (non-hydrogen) atoms. The van der Waals surface area contributed by atoms with Crippen molar-refractivity contribution in [3.63, 3.8) is 0 Å². The van der Waals surface area contributed by atoms with Gasteiger partial charge >= 0.3 is 5.97 Å². The molecule has 1 aliphatic heterocycles. The van der Waals surface area contributed by atoms with Gasteiger partial charge in [0.15, 0.2) is 0 Å². The van der Waals surface area contributed by atoms with E-state index in [1.165, 1.54) is 0 Å². The van der Waals surface area contributed by atoms with Gasteiger partial charge in [0.05, 0.1) is 18.6 Å². The zero-order chi connectivity index (χ0) is 8.97. The Hall–Kier alpha value is -0.610. The van der Waals surface area contributed by atoms with Crippen LogP contribution in [0.15, 0.2) is 0 Å². The zero-order valence-electron chi connectivity index (χ0n) is 7.03. The lowest BCUT2D eigenvalue weighted by molar-refractivity contribution is -0.143. The molecule has 0 spiro atoms. The molecule has 1 saturated heterocycles. The zero-order valence-corrected chi connectivity index (χ0v) is 7.03.